The number of nitrogens with one attached hydrogen (secondary N) is 2. The maximum absolute atomic E-state index is 12.2. The normalized spacial score (nSPS) is 12.7. The van der Waals surface area contributed by atoms with Crippen LogP contribution in [0.25, 0.3) is 6.08 Å². The van der Waals surface area contributed by atoms with E-state index in [1.54, 1.807) is 36.4 Å². The van der Waals surface area contributed by atoms with E-state index in [0.29, 0.717) is 51.7 Å². The highest BCUT2D eigenvalue weighted by atomic mass is 35.5. The Balaban J connectivity index is 1.72. The first-order valence-corrected chi connectivity index (χ1v) is 8.83. The number of anilines is 2. The standard InChI is InChI=1S/C19H16Cl2N2O4/c1-11(24)22-13-3-4-14(20)16(10-13)23-18(25)5-2-12-8-15(21)19-17(9-12)26-6-7-27-19/h2-5,8-10H,6-7H2,1H3,(H,22,24)(H,23,25)/b5-2+. The van der Waals surface area contributed by atoms with E-state index in [2.05, 4.69) is 10.6 Å². The first-order chi connectivity index (χ1) is 12.9. The van der Waals surface area contributed by atoms with Crippen LogP contribution in [0.5, 0.6) is 11.5 Å². The average molecular weight is 407 g/mol. The summed E-state index contributed by atoms with van der Waals surface area (Å²) < 4.78 is 11.0. The third-order valence-corrected chi connectivity index (χ3v) is 4.20. The number of carbonyl (C=O) groups excluding carboxylic acids is 2. The number of ether oxygens (including phenoxy) is 2. The van der Waals surface area contributed by atoms with Crippen molar-refractivity contribution >= 4 is 52.5 Å². The topological polar surface area (TPSA) is 76.7 Å². The summed E-state index contributed by atoms with van der Waals surface area (Å²) in [6.07, 6.45) is 2.95. The molecule has 0 saturated carbocycles. The van der Waals surface area contributed by atoms with Crippen LogP contribution in [-0.4, -0.2) is 25.0 Å². The molecule has 1 aliphatic rings. The molecule has 0 atom stereocenters. The van der Waals surface area contributed by atoms with E-state index in [0.717, 1.165) is 0 Å². The molecule has 6 nitrogen and oxygen atoms in total. The summed E-state index contributed by atoms with van der Waals surface area (Å²) in [5.74, 6) is 0.443. The zero-order chi connectivity index (χ0) is 19.4. The minimum atomic E-state index is -0.386. The van der Waals surface area contributed by atoms with Gasteiger partial charge in [-0.15, -0.1) is 0 Å². The van der Waals surface area contributed by atoms with Gasteiger partial charge in [0.25, 0.3) is 0 Å². The molecule has 0 bridgehead atoms. The van der Waals surface area contributed by atoms with Crippen LogP contribution in [0.2, 0.25) is 10.0 Å². The van der Waals surface area contributed by atoms with Gasteiger partial charge in [0.05, 0.1) is 15.7 Å². The fourth-order valence-electron chi connectivity index (χ4n) is 2.48. The molecular weight excluding hydrogens is 391 g/mol. The summed E-state index contributed by atoms with van der Waals surface area (Å²) in [5.41, 5.74) is 1.61. The molecule has 2 amide bonds. The summed E-state index contributed by atoms with van der Waals surface area (Å²) in [7, 11) is 0. The number of hydrogen-bond donors (Lipinski definition) is 2. The highest BCUT2D eigenvalue weighted by molar-refractivity contribution is 6.34. The number of benzene rings is 2. The molecule has 27 heavy (non-hydrogen) atoms. The van der Waals surface area contributed by atoms with Crippen molar-refractivity contribution in [1.29, 1.82) is 0 Å². The van der Waals surface area contributed by atoms with Crippen LogP contribution < -0.4 is 20.1 Å². The fourth-order valence-corrected chi connectivity index (χ4v) is 2.91. The first-order valence-electron chi connectivity index (χ1n) is 8.08. The second kappa shape index (κ2) is 8.33. The Morgan fingerprint density at radius 3 is 2.59 bits per heavy atom. The van der Waals surface area contributed by atoms with Gasteiger partial charge in [-0.25, -0.2) is 0 Å². The average Bonchev–Trinajstić information content (AvgIpc) is 2.62. The molecule has 140 valence electrons. The van der Waals surface area contributed by atoms with Crippen LogP contribution >= 0.6 is 23.2 Å². The minimum absolute atomic E-state index is 0.218. The first kappa shape index (κ1) is 19.1. The summed E-state index contributed by atoms with van der Waals surface area (Å²) >= 11 is 12.3. The lowest BCUT2D eigenvalue weighted by molar-refractivity contribution is -0.114. The molecule has 1 heterocycles. The van der Waals surface area contributed by atoms with Crippen LogP contribution in [0.1, 0.15) is 12.5 Å². The predicted molar refractivity (Wildman–Crippen MR) is 106 cm³/mol. The summed E-state index contributed by atoms with van der Waals surface area (Å²) in [6, 6.07) is 8.24. The van der Waals surface area contributed by atoms with Crippen molar-refractivity contribution in [2.24, 2.45) is 0 Å². The van der Waals surface area contributed by atoms with Crippen LogP contribution in [0, 0.1) is 0 Å². The van der Waals surface area contributed by atoms with Crippen LogP contribution in [0.4, 0.5) is 11.4 Å². The van der Waals surface area contributed by atoms with Gasteiger partial charge < -0.3 is 20.1 Å². The van der Waals surface area contributed by atoms with E-state index >= 15 is 0 Å². The van der Waals surface area contributed by atoms with Gasteiger partial charge >= 0.3 is 0 Å². The molecule has 0 aromatic heterocycles. The van der Waals surface area contributed by atoms with Crippen molar-refractivity contribution < 1.29 is 19.1 Å². The molecule has 2 aromatic rings. The summed E-state index contributed by atoms with van der Waals surface area (Å²) in [6.45, 7) is 2.29. The smallest absolute Gasteiger partial charge is 0.248 e. The zero-order valence-corrected chi connectivity index (χ0v) is 15.9. The Hall–Kier alpha value is -2.70. The molecular formula is C19H16Cl2N2O4. The maximum Gasteiger partial charge on any atom is 0.248 e. The number of hydrogen-bond acceptors (Lipinski definition) is 4. The highest BCUT2D eigenvalue weighted by Gasteiger charge is 2.16. The molecule has 3 rings (SSSR count). The molecule has 0 unspecified atom stereocenters. The number of rotatable bonds is 4. The number of halogens is 2. The third-order valence-electron chi connectivity index (χ3n) is 3.59. The summed E-state index contributed by atoms with van der Waals surface area (Å²) in [4.78, 5) is 23.4. The lowest BCUT2D eigenvalue weighted by atomic mass is 10.1. The van der Waals surface area contributed by atoms with Crippen LogP contribution in [-0.2, 0) is 9.59 Å². The highest BCUT2D eigenvalue weighted by Crippen LogP contribution is 2.38. The van der Waals surface area contributed by atoms with Gasteiger partial charge in [0.2, 0.25) is 11.8 Å². The van der Waals surface area contributed by atoms with Gasteiger partial charge in [0.1, 0.15) is 13.2 Å². The maximum atomic E-state index is 12.2. The van der Waals surface area contributed by atoms with Crippen LogP contribution in [0.15, 0.2) is 36.4 Å². The van der Waals surface area contributed by atoms with E-state index < -0.39 is 0 Å². The molecule has 0 saturated heterocycles. The Kier molecular flexibility index (Phi) is 5.88. The zero-order valence-electron chi connectivity index (χ0n) is 14.3. The van der Waals surface area contributed by atoms with Crippen molar-refractivity contribution in [2.75, 3.05) is 23.8 Å². The van der Waals surface area contributed by atoms with Crippen molar-refractivity contribution in [2.45, 2.75) is 6.92 Å². The lowest BCUT2D eigenvalue weighted by Crippen LogP contribution is -2.15. The Bertz CT molecular complexity index is 928. The van der Waals surface area contributed by atoms with Crippen LogP contribution in [0.3, 0.4) is 0 Å². The van der Waals surface area contributed by atoms with Crippen molar-refractivity contribution in [3.63, 3.8) is 0 Å². The van der Waals surface area contributed by atoms with E-state index in [-0.39, 0.29) is 11.8 Å². The Morgan fingerprint density at radius 1 is 1.04 bits per heavy atom. The molecule has 0 radical (unpaired) electrons. The molecule has 0 fully saturated rings. The fraction of sp³-hybridized carbons (Fsp3) is 0.158. The van der Waals surface area contributed by atoms with E-state index in [4.69, 9.17) is 32.7 Å². The van der Waals surface area contributed by atoms with E-state index in [1.807, 2.05) is 0 Å². The molecule has 8 heteroatoms. The van der Waals surface area contributed by atoms with E-state index in [9.17, 15) is 9.59 Å². The molecule has 2 N–H and O–H groups in total. The minimum Gasteiger partial charge on any atom is -0.486 e. The molecule has 2 aromatic carbocycles. The quantitative estimate of drug-likeness (QED) is 0.738. The molecule has 1 aliphatic heterocycles. The van der Waals surface area contributed by atoms with Crippen molar-refractivity contribution in [3.8, 4) is 11.5 Å². The van der Waals surface area contributed by atoms with Gasteiger partial charge in [-0.3, -0.25) is 9.59 Å². The van der Waals surface area contributed by atoms with Gasteiger partial charge in [-0.1, -0.05) is 23.2 Å². The Morgan fingerprint density at radius 2 is 1.81 bits per heavy atom. The number of amides is 2. The lowest BCUT2D eigenvalue weighted by Gasteiger charge is -2.19. The third kappa shape index (κ3) is 4.93. The van der Waals surface area contributed by atoms with Gasteiger partial charge in [0.15, 0.2) is 11.5 Å². The van der Waals surface area contributed by atoms with Gasteiger partial charge in [-0.2, -0.15) is 0 Å². The Labute approximate surface area is 166 Å². The largest absolute Gasteiger partial charge is 0.486 e. The van der Waals surface area contributed by atoms with E-state index in [1.165, 1.54) is 13.0 Å². The van der Waals surface area contributed by atoms with Crippen molar-refractivity contribution in [1.82, 2.24) is 0 Å². The molecule has 0 spiro atoms. The SMILES string of the molecule is CC(=O)Nc1ccc(Cl)c(NC(=O)/C=C/c2cc(Cl)c3c(c2)OCCO3)c1. The second-order valence-electron chi connectivity index (χ2n) is 5.73. The monoisotopic (exact) mass is 406 g/mol. The molecule has 0 aliphatic carbocycles. The second-order valence-corrected chi connectivity index (χ2v) is 6.54. The predicted octanol–water partition coefficient (Wildman–Crippen LogP) is 4.37. The number of fused-ring (bicyclic) bond motifs is 1. The van der Waals surface area contributed by atoms with Gasteiger partial charge in [0, 0.05) is 18.7 Å². The van der Waals surface area contributed by atoms with Crippen molar-refractivity contribution in [3.05, 3.63) is 52.0 Å². The number of carbonyl (C=O) groups is 2. The van der Waals surface area contributed by atoms with Gasteiger partial charge in [-0.05, 0) is 42.0 Å². The summed E-state index contributed by atoms with van der Waals surface area (Å²) in [5, 5.41) is 6.07.